The topological polar surface area (TPSA) is 199 Å². The van der Waals surface area contributed by atoms with Gasteiger partial charge in [0.15, 0.2) is 0 Å². The van der Waals surface area contributed by atoms with E-state index in [0.717, 1.165) is 0 Å². The van der Waals surface area contributed by atoms with Crippen molar-refractivity contribution in [2.45, 2.75) is 58.7 Å². The summed E-state index contributed by atoms with van der Waals surface area (Å²) in [6.07, 6.45) is -0.217. The van der Waals surface area contributed by atoms with Crippen LogP contribution in [0.2, 0.25) is 0 Å². The molecule has 0 bridgehead atoms. The Morgan fingerprint density at radius 2 is 1.07 bits per heavy atom. The van der Waals surface area contributed by atoms with Crippen molar-refractivity contribution in [3.8, 4) is 0 Å². The normalized spacial score (nSPS) is 13.9. The van der Waals surface area contributed by atoms with Crippen molar-refractivity contribution in [1.29, 1.82) is 0 Å². The van der Waals surface area contributed by atoms with Crippen LogP contribution in [0, 0.1) is 10.8 Å². The first kappa shape index (κ1) is 39.1. The number of hydrogen-bond donors (Lipinski definition) is 0. The van der Waals surface area contributed by atoms with Crippen LogP contribution < -0.4 is 0 Å². The predicted molar refractivity (Wildman–Crippen MR) is 150 cm³/mol. The van der Waals surface area contributed by atoms with Gasteiger partial charge in [-0.1, -0.05) is 21.0 Å². The molecule has 0 radical (unpaired) electrons. The van der Waals surface area contributed by atoms with Crippen LogP contribution in [0.3, 0.4) is 0 Å². The zero-order valence-electron chi connectivity index (χ0n) is 25.1. The van der Waals surface area contributed by atoms with Gasteiger partial charge in [0.05, 0.1) is 37.3 Å². The molecule has 16 heteroatoms. The molecule has 42 heavy (non-hydrogen) atoms. The lowest BCUT2D eigenvalue weighted by Gasteiger charge is -2.37. The highest BCUT2D eigenvalue weighted by atomic mass is 79.9. The molecule has 0 rings (SSSR count). The average molecular weight is 669 g/mol. The molecule has 0 aromatic rings. The first-order valence-corrected chi connectivity index (χ1v) is 14.0. The van der Waals surface area contributed by atoms with E-state index in [-0.39, 0.29) is 78.8 Å². The summed E-state index contributed by atoms with van der Waals surface area (Å²) in [4.78, 5) is 63.6. The molecule has 0 saturated carbocycles. The number of carbonyl (C=O) groups is 5. The van der Waals surface area contributed by atoms with Gasteiger partial charge in [-0.25, -0.2) is 0 Å². The second-order valence-electron chi connectivity index (χ2n) is 10.3. The van der Waals surface area contributed by atoms with Crippen molar-refractivity contribution in [3.05, 3.63) is 10.4 Å². The fraction of sp³-hybridized carbons (Fsp3) is 0.808. The summed E-state index contributed by atoms with van der Waals surface area (Å²) in [6, 6.07) is 0. The van der Waals surface area contributed by atoms with Gasteiger partial charge in [-0.15, -0.1) is 0 Å². The number of hydrogen-bond acceptors (Lipinski definition) is 13. The van der Waals surface area contributed by atoms with Gasteiger partial charge < -0.3 is 33.2 Å². The molecule has 0 aliphatic rings. The molecule has 0 aliphatic heterocycles. The van der Waals surface area contributed by atoms with Crippen LogP contribution in [0.5, 0.6) is 0 Å². The van der Waals surface area contributed by atoms with Gasteiger partial charge in [0.1, 0.15) is 37.4 Å². The quantitative estimate of drug-likeness (QED) is 0.0311. The molecule has 0 aromatic heterocycles. The van der Waals surface area contributed by atoms with Gasteiger partial charge in [0.25, 0.3) is 0 Å². The molecule has 0 aliphatic carbocycles. The molecular formula is C26H42BrN3O12. The maximum Gasteiger partial charge on any atom is 0.322 e. The maximum absolute atomic E-state index is 13.3. The number of esters is 5. The number of alkyl halides is 1. The maximum atomic E-state index is 13.3. The minimum absolute atomic E-state index is 0.0463. The zero-order chi connectivity index (χ0) is 32.2. The third-order valence-corrected chi connectivity index (χ3v) is 6.10. The molecule has 0 amide bonds. The van der Waals surface area contributed by atoms with Gasteiger partial charge in [-0.3, -0.25) is 24.0 Å². The van der Waals surface area contributed by atoms with Crippen LogP contribution in [-0.2, 0) is 57.1 Å². The smallest absolute Gasteiger partial charge is 0.322 e. The van der Waals surface area contributed by atoms with Crippen LogP contribution in [0.25, 0.3) is 10.4 Å². The molecule has 2 unspecified atom stereocenters. The Hall–Kier alpha value is -2.94. The van der Waals surface area contributed by atoms with Crippen molar-refractivity contribution < 1.29 is 57.1 Å². The van der Waals surface area contributed by atoms with Crippen molar-refractivity contribution >= 4 is 45.8 Å². The van der Waals surface area contributed by atoms with E-state index in [9.17, 15) is 24.0 Å². The second kappa shape index (κ2) is 20.1. The van der Waals surface area contributed by atoms with Crippen LogP contribution >= 0.6 is 15.9 Å². The van der Waals surface area contributed by atoms with Crippen LogP contribution in [0.15, 0.2) is 5.11 Å². The third-order valence-electron chi connectivity index (χ3n) is 5.50. The minimum atomic E-state index is -1.41. The van der Waals surface area contributed by atoms with E-state index >= 15 is 0 Å². The summed E-state index contributed by atoms with van der Waals surface area (Å²) < 4.78 is 34.7. The first-order chi connectivity index (χ1) is 19.6. The average Bonchev–Trinajstić information content (AvgIpc) is 2.88. The van der Waals surface area contributed by atoms with E-state index < -0.39 is 45.0 Å². The van der Waals surface area contributed by atoms with E-state index in [1.165, 1.54) is 20.8 Å². The number of halogens is 1. The lowest BCUT2D eigenvalue weighted by molar-refractivity contribution is -0.167. The molecule has 0 spiro atoms. The van der Waals surface area contributed by atoms with Crippen molar-refractivity contribution in [3.63, 3.8) is 0 Å². The fourth-order valence-electron chi connectivity index (χ4n) is 3.88. The number of nitrogens with zero attached hydrogens (tertiary/aromatic N) is 3. The monoisotopic (exact) mass is 667 g/mol. The van der Waals surface area contributed by atoms with Gasteiger partial charge in [-0.2, -0.15) is 0 Å². The summed E-state index contributed by atoms with van der Waals surface area (Å²) in [5, 5.41) is 3.34. The van der Waals surface area contributed by atoms with E-state index in [0.29, 0.717) is 0 Å². The summed E-state index contributed by atoms with van der Waals surface area (Å²) >= 11 is 3.34. The van der Waals surface area contributed by atoms with Gasteiger partial charge in [0.2, 0.25) is 0 Å². The van der Waals surface area contributed by atoms with Crippen LogP contribution in [-0.4, -0.2) is 100 Å². The minimum Gasteiger partial charge on any atom is -0.463 e. The molecular weight excluding hydrogens is 626 g/mol. The van der Waals surface area contributed by atoms with E-state index in [1.807, 2.05) is 0 Å². The molecule has 2 atom stereocenters. The highest BCUT2D eigenvalue weighted by Gasteiger charge is 2.49. The Labute approximate surface area is 253 Å². The fourth-order valence-corrected chi connectivity index (χ4v) is 4.62. The standard InChI is InChI=1S/C26H42BrN3O12/c1-19(31)38-13-15-41-22(34)25(5,18-26(6,27)23(35)42-16-14-39-20(2)32)17-24(3,4)21(33)40-12-11-37-10-9-36-8-7-29-30-28/h7-18H2,1-6H3. The van der Waals surface area contributed by atoms with E-state index in [2.05, 4.69) is 26.0 Å². The highest BCUT2D eigenvalue weighted by Crippen LogP contribution is 2.44. The SMILES string of the molecule is CC(=O)OCCOC(=O)C(C)(Br)CC(C)(CC(C)(C)C(=O)OCCOCCOCCN=[N+]=[N-])C(=O)OCCOC(C)=O. The van der Waals surface area contributed by atoms with Gasteiger partial charge in [0, 0.05) is 25.3 Å². The number of carbonyl (C=O) groups excluding carboxylic acids is 5. The van der Waals surface area contributed by atoms with E-state index in [4.69, 9.17) is 38.7 Å². The number of ether oxygens (including phenoxy) is 7. The summed E-state index contributed by atoms with van der Waals surface area (Å²) in [5.74, 6) is -3.10. The van der Waals surface area contributed by atoms with Crippen molar-refractivity contribution in [2.75, 3.05) is 66.0 Å². The summed E-state index contributed by atoms with van der Waals surface area (Å²) in [7, 11) is 0. The highest BCUT2D eigenvalue weighted by molar-refractivity contribution is 9.10. The summed E-state index contributed by atoms with van der Waals surface area (Å²) in [5.41, 5.74) is 5.60. The molecule has 0 heterocycles. The molecule has 0 aromatic carbocycles. The Balaban J connectivity index is 5.27. The Bertz CT molecular complexity index is 953. The molecule has 240 valence electrons. The van der Waals surface area contributed by atoms with Crippen LogP contribution in [0.1, 0.15) is 54.4 Å². The lowest BCUT2D eigenvalue weighted by atomic mass is 9.69. The largest absolute Gasteiger partial charge is 0.463 e. The van der Waals surface area contributed by atoms with Gasteiger partial charge in [-0.05, 0) is 46.1 Å². The zero-order valence-corrected chi connectivity index (χ0v) is 26.7. The third kappa shape index (κ3) is 17.1. The predicted octanol–water partition coefficient (Wildman–Crippen LogP) is 3.05. The first-order valence-electron chi connectivity index (χ1n) is 13.2. The van der Waals surface area contributed by atoms with Crippen molar-refractivity contribution in [1.82, 2.24) is 0 Å². The number of azide groups is 1. The Morgan fingerprint density at radius 1 is 0.643 bits per heavy atom. The number of rotatable bonds is 22. The Kier molecular flexibility index (Phi) is 18.6. The Morgan fingerprint density at radius 3 is 1.60 bits per heavy atom. The van der Waals surface area contributed by atoms with Crippen LogP contribution in [0.4, 0.5) is 0 Å². The molecule has 15 nitrogen and oxygen atoms in total. The lowest BCUT2D eigenvalue weighted by Crippen LogP contribution is -2.45. The second-order valence-corrected chi connectivity index (χ2v) is 12.0. The van der Waals surface area contributed by atoms with Gasteiger partial charge >= 0.3 is 29.8 Å². The molecule has 0 N–H and O–H groups in total. The van der Waals surface area contributed by atoms with E-state index in [1.54, 1.807) is 20.8 Å². The molecule has 0 fully saturated rings. The van der Waals surface area contributed by atoms with Crippen molar-refractivity contribution in [2.24, 2.45) is 15.9 Å². The summed E-state index contributed by atoms with van der Waals surface area (Å²) in [6.45, 7) is 9.05. The molecule has 0 saturated heterocycles.